The minimum atomic E-state index is -1.64. The van der Waals surface area contributed by atoms with Gasteiger partial charge in [0, 0.05) is 31.6 Å². The Hall–Kier alpha value is -3.48. The molecule has 0 aromatic heterocycles. The van der Waals surface area contributed by atoms with Crippen LogP contribution in [0.15, 0.2) is 24.0 Å². The molecule has 1 aromatic rings. The molecule has 1 N–H and O–H groups in total. The van der Waals surface area contributed by atoms with Gasteiger partial charge >= 0.3 is 17.9 Å². The number of ether oxygens (including phenoxy) is 6. The van der Waals surface area contributed by atoms with Gasteiger partial charge in [-0.05, 0) is 69.8 Å². The normalized spacial score (nSPS) is 24.0. The zero-order valence-corrected chi connectivity index (χ0v) is 27.0. The molecule has 4 rings (SSSR count). The van der Waals surface area contributed by atoms with Crippen molar-refractivity contribution in [3.8, 4) is 11.5 Å². The summed E-state index contributed by atoms with van der Waals surface area (Å²) in [5.41, 5.74) is 0.907. The topological polar surface area (TPSA) is 147 Å². The van der Waals surface area contributed by atoms with Crippen LogP contribution in [0.1, 0.15) is 64.5 Å². The quantitative estimate of drug-likeness (QED) is 0.267. The van der Waals surface area contributed by atoms with Crippen molar-refractivity contribution in [2.75, 3.05) is 33.9 Å². The smallest absolute Gasteiger partial charge is 0.348 e. The molecule has 6 bridgehead atoms. The predicted octanol–water partition coefficient (Wildman–Crippen LogP) is 2.69. The van der Waals surface area contributed by atoms with Gasteiger partial charge in [0.1, 0.15) is 12.4 Å². The molecule has 248 valence electrons. The minimum absolute atomic E-state index is 0.149. The Balaban J connectivity index is 1.51. The Kier molecular flexibility index (Phi) is 11.3. The lowest BCUT2D eigenvalue weighted by Gasteiger charge is -2.44. The van der Waals surface area contributed by atoms with Crippen LogP contribution in [0.3, 0.4) is 0 Å². The summed E-state index contributed by atoms with van der Waals surface area (Å²) in [6, 6.07) is 3.65. The highest BCUT2D eigenvalue weighted by Gasteiger charge is 2.47. The zero-order chi connectivity index (χ0) is 32.9. The molecule has 0 fully saturated rings. The first-order valence-corrected chi connectivity index (χ1v) is 15.5. The Morgan fingerprint density at radius 1 is 1.16 bits per heavy atom. The van der Waals surface area contributed by atoms with Crippen LogP contribution in [0.25, 0.3) is 0 Å². The number of ketones is 1. The van der Waals surface area contributed by atoms with Crippen molar-refractivity contribution < 1.29 is 52.7 Å². The van der Waals surface area contributed by atoms with Gasteiger partial charge in [-0.2, -0.15) is 0 Å². The van der Waals surface area contributed by atoms with E-state index >= 15 is 0 Å². The number of carbonyl (C=O) groups excluding carboxylic acids is 4. The molecule has 45 heavy (non-hydrogen) atoms. The number of aliphatic hydroxyl groups is 1. The maximum absolute atomic E-state index is 13.2. The third-order valence-electron chi connectivity index (χ3n) is 8.41. The van der Waals surface area contributed by atoms with Gasteiger partial charge in [0.25, 0.3) is 0 Å². The zero-order valence-electron chi connectivity index (χ0n) is 27.0. The second kappa shape index (κ2) is 14.7. The van der Waals surface area contributed by atoms with E-state index in [4.69, 9.17) is 28.4 Å². The van der Waals surface area contributed by atoms with E-state index in [1.165, 1.54) is 6.92 Å². The van der Waals surface area contributed by atoms with Crippen LogP contribution >= 0.6 is 0 Å². The first-order valence-electron chi connectivity index (χ1n) is 15.5. The average Bonchev–Trinajstić information content (AvgIpc) is 2.96. The first-order chi connectivity index (χ1) is 21.3. The molecule has 5 atom stereocenters. The van der Waals surface area contributed by atoms with E-state index in [1.807, 2.05) is 33.0 Å². The van der Waals surface area contributed by atoms with E-state index in [0.29, 0.717) is 24.5 Å². The summed E-state index contributed by atoms with van der Waals surface area (Å²) in [5.74, 6) is -1.75. The average molecular weight is 632 g/mol. The van der Waals surface area contributed by atoms with Crippen molar-refractivity contribution in [2.45, 2.75) is 96.2 Å². The molecular formula is C33H45NO11. The SMILES string of the molecule is COc1ccc2c3c1O[C@@H]1C[C@@](O)(CC=C1OC(=O)C[C@H](OC(C)=O)C(=O)O[C@@H](C)C(=O)COCC(C)C)[C@@H](C2)N(C)CCC3. The predicted molar refractivity (Wildman–Crippen MR) is 161 cm³/mol. The number of carbonyl (C=O) groups is 4. The standard InChI is InChI=1S/C33H45NO11/c1-19(2)17-41-18-24(36)20(3)42-32(38)27(43-21(4)35)15-30(37)44-25-11-12-33(39)16-28(25)45-31-23-8-7-13-34(5)29(33)14-22(23)9-10-26(31)40-6/h9-11,19-20,27-29,39H,7-8,12-18H2,1-6H3/t20-,27-,28+,29+,33-/m0/s1. The summed E-state index contributed by atoms with van der Waals surface area (Å²) in [6.45, 7) is 7.25. The molecule has 3 aliphatic rings. The van der Waals surface area contributed by atoms with Crippen LogP contribution in [0.2, 0.25) is 0 Å². The maximum atomic E-state index is 13.2. The number of methoxy groups -OCH3 is 1. The molecule has 0 amide bonds. The molecule has 0 saturated carbocycles. The summed E-state index contributed by atoms with van der Waals surface area (Å²) in [6.07, 6.45) is -0.0905. The van der Waals surface area contributed by atoms with E-state index < -0.39 is 54.0 Å². The number of esters is 3. The van der Waals surface area contributed by atoms with E-state index in [9.17, 15) is 24.3 Å². The Morgan fingerprint density at radius 2 is 1.91 bits per heavy atom. The maximum Gasteiger partial charge on any atom is 0.348 e. The summed E-state index contributed by atoms with van der Waals surface area (Å²) >= 11 is 0. The molecule has 1 aliphatic carbocycles. The van der Waals surface area contributed by atoms with Crippen molar-refractivity contribution in [2.24, 2.45) is 5.92 Å². The number of hydrogen-bond acceptors (Lipinski definition) is 12. The lowest BCUT2D eigenvalue weighted by Crippen LogP contribution is -2.56. The highest BCUT2D eigenvalue weighted by atomic mass is 16.6. The van der Waals surface area contributed by atoms with E-state index in [0.717, 1.165) is 37.4 Å². The molecule has 12 heteroatoms. The van der Waals surface area contributed by atoms with Gasteiger partial charge in [-0.1, -0.05) is 19.9 Å². The Labute approximate surface area is 263 Å². The lowest BCUT2D eigenvalue weighted by atomic mass is 9.77. The monoisotopic (exact) mass is 631 g/mol. The molecule has 2 aliphatic heterocycles. The van der Waals surface area contributed by atoms with Crippen molar-refractivity contribution in [1.29, 1.82) is 0 Å². The summed E-state index contributed by atoms with van der Waals surface area (Å²) in [5, 5.41) is 12.0. The van der Waals surface area contributed by atoms with Gasteiger partial charge in [-0.25, -0.2) is 4.79 Å². The molecule has 0 saturated heterocycles. The number of benzene rings is 1. The van der Waals surface area contributed by atoms with E-state index in [1.54, 1.807) is 13.2 Å². The summed E-state index contributed by atoms with van der Waals surface area (Å²) in [7, 11) is 3.57. The fourth-order valence-electron chi connectivity index (χ4n) is 6.09. The number of likely N-dealkylation sites (N-methyl/N-ethyl adjacent to an activating group) is 1. The van der Waals surface area contributed by atoms with Gasteiger partial charge < -0.3 is 38.4 Å². The Morgan fingerprint density at radius 3 is 2.60 bits per heavy atom. The molecule has 0 spiro atoms. The molecule has 1 aromatic carbocycles. The third kappa shape index (κ3) is 8.42. The van der Waals surface area contributed by atoms with Gasteiger partial charge in [-0.3, -0.25) is 14.4 Å². The van der Waals surface area contributed by atoms with Crippen molar-refractivity contribution >= 4 is 23.7 Å². The molecular weight excluding hydrogens is 586 g/mol. The lowest BCUT2D eigenvalue weighted by molar-refractivity contribution is -0.175. The summed E-state index contributed by atoms with van der Waals surface area (Å²) in [4.78, 5) is 52.4. The Bertz CT molecular complexity index is 1310. The third-order valence-corrected chi connectivity index (χ3v) is 8.41. The second-order valence-corrected chi connectivity index (χ2v) is 12.5. The van der Waals surface area contributed by atoms with Crippen LogP contribution in [-0.4, -0.2) is 97.6 Å². The number of nitrogens with zero attached hydrogens (tertiary/aromatic N) is 1. The van der Waals surface area contributed by atoms with Crippen LogP contribution in [0, 0.1) is 5.92 Å². The number of fused-ring (bicyclic) bond motifs is 4. The van der Waals surface area contributed by atoms with Gasteiger partial charge in [0.05, 0.1) is 19.1 Å². The largest absolute Gasteiger partial charge is 0.493 e. The van der Waals surface area contributed by atoms with Crippen LogP contribution in [-0.2, 0) is 51.0 Å². The molecule has 2 heterocycles. The van der Waals surface area contributed by atoms with Crippen molar-refractivity contribution in [3.63, 3.8) is 0 Å². The highest BCUT2D eigenvalue weighted by Crippen LogP contribution is 2.44. The molecule has 0 unspecified atom stereocenters. The van der Waals surface area contributed by atoms with Gasteiger partial charge in [0.15, 0.2) is 29.5 Å². The van der Waals surface area contributed by atoms with Crippen molar-refractivity contribution in [3.05, 3.63) is 35.1 Å². The fraction of sp³-hybridized carbons (Fsp3) is 0.636. The molecule has 0 radical (unpaired) electrons. The van der Waals surface area contributed by atoms with E-state index in [-0.39, 0.29) is 37.2 Å². The van der Waals surface area contributed by atoms with Gasteiger partial charge in [0.2, 0.25) is 6.10 Å². The minimum Gasteiger partial charge on any atom is -0.493 e. The number of hydrogen-bond donors (Lipinski definition) is 1. The van der Waals surface area contributed by atoms with Crippen LogP contribution in [0.4, 0.5) is 0 Å². The summed E-state index contributed by atoms with van der Waals surface area (Å²) < 4.78 is 33.5. The first kappa shape index (κ1) is 34.4. The van der Waals surface area contributed by atoms with Crippen LogP contribution < -0.4 is 9.47 Å². The molecule has 12 nitrogen and oxygen atoms in total. The number of Topliss-reactive ketones (excluding diaryl/α,β-unsaturated/α-hetero) is 1. The van der Waals surface area contributed by atoms with E-state index in [2.05, 4.69) is 4.90 Å². The van der Waals surface area contributed by atoms with Crippen molar-refractivity contribution in [1.82, 2.24) is 4.90 Å². The van der Waals surface area contributed by atoms with Crippen LogP contribution in [0.5, 0.6) is 11.5 Å². The number of rotatable bonds is 12. The fourth-order valence-corrected chi connectivity index (χ4v) is 6.09. The van der Waals surface area contributed by atoms with Gasteiger partial charge in [-0.15, -0.1) is 0 Å². The highest BCUT2D eigenvalue weighted by molar-refractivity contribution is 5.89. The second-order valence-electron chi connectivity index (χ2n) is 12.5.